The average molecular weight is 274 g/mol. The number of hydrogen-bond donors (Lipinski definition) is 1. The van der Waals surface area contributed by atoms with Crippen LogP contribution in [0.2, 0.25) is 0 Å². The summed E-state index contributed by atoms with van der Waals surface area (Å²) < 4.78 is 0. The van der Waals surface area contributed by atoms with Crippen molar-refractivity contribution >= 4 is 5.78 Å². The molecule has 2 bridgehead atoms. The van der Waals surface area contributed by atoms with Gasteiger partial charge in [-0.05, 0) is 50.5 Å². The van der Waals surface area contributed by atoms with Crippen LogP contribution in [0.15, 0.2) is 11.8 Å². The van der Waals surface area contributed by atoms with Crippen LogP contribution in [0, 0.1) is 11.8 Å². The molecule has 4 saturated heterocycles. The minimum atomic E-state index is 0.331. The van der Waals surface area contributed by atoms with Crippen molar-refractivity contribution in [1.82, 2.24) is 10.2 Å². The molecule has 5 rings (SSSR count). The Labute approximate surface area is 121 Å². The number of fused-ring (bicyclic) bond motifs is 4. The smallest absolute Gasteiger partial charge is 0.181 e. The van der Waals surface area contributed by atoms with Crippen molar-refractivity contribution in [3.05, 3.63) is 11.8 Å². The fourth-order valence-electron chi connectivity index (χ4n) is 4.78. The third kappa shape index (κ3) is 2.20. The molecule has 1 aliphatic carbocycles. The number of piperidine rings is 4. The second-order valence-electron chi connectivity index (χ2n) is 7.18. The largest absolute Gasteiger partial charge is 0.369 e. The van der Waals surface area contributed by atoms with Crippen LogP contribution in [0.3, 0.4) is 0 Å². The van der Waals surface area contributed by atoms with Crippen LogP contribution in [-0.2, 0) is 4.79 Å². The van der Waals surface area contributed by atoms with Gasteiger partial charge in [-0.2, -0.15) is 0 Å². The van der Waals surface area contributed by atoms with Crippen LogP contribution in [0.5, 0.6) is 0 Å². The van der Waals surface area contributed by atoms with E-state index in [1.807, 2.05) is 0 Å². The summed E-state index contributed by atoms with van der Waals surface area (Å²) in [6.07, 6.45) is 12.6. The van der Waals surface area contributed by atoms with Gasteiger partial charge in [-0.1, -0.05) is 12.8 Å². The lowest BCUT2D eigenvalue weighted by Crippen LogP contribution is -2.50. The Morgan fingerprint density at radius 3 is 2.60 bits per heavy atom. The minimum absolute atomic E-state index is 0.331. The normalized spacial score (nSPS) is 40.2. The summed E-state index contributed by atoms with van der Waals surface area (Å²) in [5.41, 5.74) is 1.04. The van der Waals surface area contributed by atoms with Crippen molar-refractivity contribution < 1.29 is 4.79 Å². The second-order valence-corrected chi connectivity index (χ2v) is 7.18. The molecular formula is C17H26N2O. The van der Waals surface area contributed by atoms with Crippen LogP contribution in [0.1, 0.15) is 51.4 Å². The first-order valence-electron chi connectivity index (χ1n) is 8.58. The zero-order chi connectivity index (χ0) is 13.5. The standard InChI is InChI=1S/C17H26N2O/c20-17-13-7-9-19(10-8-13)16(17)11-14-6-5-12-3-1-2-4-15(12)18-14/h11-15,18H,1-10H2/b16-11-. The maximum atomic E-state index is 12.4. The molecule has 0 amide bonds. The lowest BCUT2D eigenvalue weighted by molar-refractivity contribution is -0.125. The van der Waals surface area contributed by atoms with Crippen molar-refractivity contribution in [1.29, 1.82) is 0 Å². The average Bonchev–Trinajstić information content (AvgIpc) is 2.51. The van der Waals surface area contributed by atoms with Crippen LogP contribution in [0.4, 0.5) is 0 Å². The van der Waals surface area contributed by atoms with Crippen molar-refractivity contribution in [2.75, 3.05) is 13.1 Å². The highest BCUT2D eigenvalue weighted by molar-refractivity contribution is 5.98. The molecule has 5 aliphatic rings. The lowest BCUT2D eigenvalue weighted by atomic mass is 9.77. The summed E-state index contributed by atoms with van der Waals surface area (Å²) in [6, 6.07) is 1.15. The van der Waals surface area contributed by atoms with Gasteiger partial charge in [0.1, 0.15) is 0 Å². The molecule has 1 N–H and O–H groups in total. The first-order valence-corrected chi connectivity index (χ1v) is 8.58. The predicted molar refractivity (Wildman–Crippen MR) is 79.3 cm³/mol. The number of rotatable bonds is 1. The molecule has 3 unspecified atom stereocenters. The summed E-state index contributed by atoms with van der Waals surface area (Å²) in [6.45, 7) is 2.20. The maximum Gasteiger partial charge on any atom is 0.181 e. The molecule has 5 fully saturated rings. The van der Waals surface area contributed by atoms with Crippen molar-refractivity contribution in [3.8, 4) is 0 Å². The number of carbonyl (C=O) groups is 1. The fraction of sp³-hybridized carbons (Fsp3) is 0.824. The van der Waals surface area contributed by atoms with E-state index in [-0.39, 0.29) is 0 Å². The first kappa shape index (κ1) is 12.9. The molecule has 0 radical (unpaired) electrons. The molecule has 4 aliphatic heterocycles. The van der Waals surface area contributed by atoms with E-state index in [0.29, 0.717) is 23.8 Å². The zero-order valence-electron chi connectivity index (χ0n) is 12.3. The summed E-state index contributed by atoms with van der Waals surface area (Å²) >= 11 is 0. The summed E-state index contributed by atoms with van der Waals surface area (Å²) in [4.78, 5) is 14.7. The molecule has 0 aromatic carbocycles. The van der Waals surface area contributed by atoms with Crippen molar-refractivity contribution in [2.24, 2.45) is 11.8 Å². The molecular weight excluding hydrogens is 248 g/mol. The van der Waals surface area contributed by atoms with E-state index in [1.165, 1.54) is 38.5 Å². The first-order chi connectivity index (χ1) is 9.81. The third-order valence-electron chi connectivity index (χ3n) is 6.00. The molecule has 1 saturated carbocycles. The Hall–Kier alpha value is -0.830. The van der Waals surface area contributed by atoms with Gasteiger partial charge in [-0.15, -0.1) is 0 Å². The molecule has 3 nitrogen and oxygen atoms in total. The number of Topliss-reactive ketones (excluding diaryl/α,β-unsaturated/α-hetero) is 1. The van der Waals surface area contributed by atoms with Gasteiger partial charge >= 0.3 is 0 Å². The highest BCUT2D eigenvalue weighted by Crippen LogP contribution is 2.35. The van der Waals surface area contributed by atoms with Gasteiger partial charge in [-0.25, -0.2) is 0 Å². The van der Waals surface area contributed by atoms with Crippen LogP contribution in [0.25, 0.3) is 0 Å². The Morgan fingerprint density at radius 2 is 1.80 bits per heavy atom. The van der Waals surface area contributed by atoms with Gasteiger partial charge in [0.25, 0.3) is 0 Å². The summed E-state index contributed by atoms with van der Waals surface area (Å²) in [5.74, 6) is 1.66. The SMILES string of the molecule is O=C1/C(=C/C2CCC3CCCCC3N2)N2CCC1CC2. The third-order valence-corrected chi connectivity index (χ3v) is 6.00. The molecule has 20 heavy (non-hydrogen) atoms. The van der Waals surface area contributed by atoms with E-state index in [1.54, 1.807) is 0 Å². The van der Waals surface area contributed by atoms with Gasteiger partial charge in [0.2, 0.25) is 0 Å². The van der Waals surface area contributed by atoms with Crippen LogP contribution in [-0.4, -0.2) is 35.9 Å². The number of carbonyl (C=O) groups excluding carboxylic acids is 1. The van der Waals surface area contributed by atoms with E-state index in [0.717, 1.165) is 37.5 Å². The molecule has 3 heteroatoms. The van der Waals surface area contributed by atoms with Gasteiger partial charge in [0, 0.05) is 31.1 Å². The Kier molecular flexibility index (Phi) is 3.33. The molecule has 110 valence electrons. The topological polar surface area (TPSA) is 32.3 Å². The molecule has 0 aromatic rings. The zero-order valence-corrected chi connectivity index (χ0v) is 12.3. The van der Waals surface area contributed by atoms with Gasteiger partial charge in [-0.3, -0.25) is 4.79 Å². The van der Waals surface area contributed by atoms with E-state index < -0.39 is 0 Å². The summed E-state index contributed by atoms with van der Waals surface area (Å²) in [5, 5.41) is 3.83. The Morgan fingerprint density at radius 1 is 1.00 bits per heavy atom. The highest BCUT2D eigenvalue weighted by atomic mass is 16.1. The Balaban J connectivity index is 1.48. The van der Waals surface area contributed by atoms with E-state index in [2.05, 4.69) is 16.3 Å². The van der Waals surface area contributed by atoms with Crippen LogP contribution >= 0.6 is 0 Å². The van der Waals surface area contributed by atoms with Crippen molar-refractivity contribution in [2.45, 2.75) is 63.5 Å². The van der Waals surface area contributed by atoms with Gasteiger partial charge in [0.05, 0.1) is 5.70 Å². The fourth-order valence-corrected chi connectivity index (χ4v) is 4.78. The molecule has 3 atom stereocenters. The van der Waals surface area contributed by atoms with E-state index in [4.69, 9.17) is 0 Å². The molecule has 4 heterocycles. The minimum Gasteiger partial charge on any atom is -0.369 e. The number of nitrogens with one attached hydrogen (secondary N) is 1. The van der Waals surface area contributed by atoms with E-state index in [9.17, 15) is 4.79 Å². The second kappa shape index (κ2) is 5.18. The number of hydrogen-bond acceptors (Lipinski definition) is 3. The lowest BCUT2D eigenvalue weighted by Gasteiger charge is -2.43. The van der Waals surface area contributed by atoms with Crippen molar-refractivity contribution in [3.63, 3.8) is 0 Å². The monoisotopic (exact) mass is 274 g/mol. The highest BCUT2D eigenvalue weighted by Gasteiger charge is 2.38. The van der Waals surface area contributed by atoms with Crippen LogP contribution < -0.4 is 5.32 Å². The summed E-state index contributed by atoms with van der Waals surface area (Å²) in [7, 11) is 0. The molecule has 0 spiro atoms. The number of nitrogens with zero attached hydrogens (tertiary/aromatic N) is 1. The molecule has 0 aromatic heterocycles. The van der Waals surface area contributed by atoms with E-state index >= 15 is 0 Å². The predicted octanol–water partition coefficient (Wildman–Crippen LogP) is 2.48. The number of allylic oxidation sites excluding steroid dienone is 1. The Bertz CT molecular complexity index is 423. The quantitative estimate of drug-likeness (QED) is 0.746. The van der Waals surface area contributed by atoms with Gasteiger partial charge in [0.15, 0.2) is 5.78 Å². The maximum absolute atomic E-state index is 12.4. The van der Waals surface area contributed by atoms with Gasteiger partial charge < -0.3 is 10.2 Å². The number of ketones is 1.